The van der Waals surface area contributed by atoms with Gasteiger partial charge in [-0.05, 0) is 47.8 Å². The fourth-order valence-corrected chi connectivity index (χ4v) is 13.5. The van der Waals surface area contributed by atoms with Crippen molar-refractivity contribution in [2.75, 3.05) is 12.3 Å². The van der Waals surface area contributed by atoms with E-state index in [0.717, 1.165) is 12.0 Å². The van der Waals surface area contributed by atoms with Gasteiger partial charge in [0.25, 0.3) is 5.56 Å². The number of nitrogens with one attached hydrogen (secondary N) is 1. The Kier molecular flexibility index (Phi) is 6.56. The van der Waals surface area contributed by atoms with Crippen LogP contribution < -0.4 is 16.6 Å². The van der Waals surface area contributed by atoms with E-state index in [9.17, 15) is 4.79 Å². The molecule has 4 heterocycles. The molecule has 37 heavy (non-hydrogen) atoms. The number of pyridine rings is 1. The van der Waals surface area contributed by atoms with Gasteiger partial charge in [-0.15, -0.1) is 0 Å². The molecule has 3 atom stereocenters. The minimum Gasteiger partial charge on any atom is -0.416 e. The third kappa shape index (κ3) is 4.42. The molecule has 0 radical (unpaired) electrons. The molecular weight excluding hydrogens is 497 g/mol. The van der Waals surface area contributed by atoms with E-state index in [-0.39, 0.29) is 28.5 Å². The van der Waals surface area contributed by atoms with Crippen molar-refractivity contribution in [3.05, 3.63) is 53.2 Å². The third-order valence-corrected chi connectivity index (χ3v) is 19.8. The highest BCUT2D eigenvalue weighted by Crippen LogP contribution is 2.56. The van der Waals surface area contributed by atoms with Gasteiger partial charge in [-0.25, -0.2) is 4.98 Å². The van der Waals surface area contributed by atoms with Crippen molar-refractivity contribution in [2.24, 2.45) is 5.92 Å². The first-order chi connectivity index (χ1) is 17.4. The first kappa shape index (κ1) is 26.1. The summed E-state index contributed by atoms with van der Waals surface area (Å²) in [5, 5.41) is 1.45. The number of imidazole rings is 1. The lowest BCUT2D eigenvalue weighted by atomic mass is 10.0. The summed E-state index contributed by atoms with van der Waals surface area (Å²) in [6.45, 7) is 16.9. The summed E-state index contributed by atoms with van der Waals surface area (Å²) >= 11 is 0. The van der Waals surface area contributed by atoms with E-state index in [0.29, 0.717) is 23.3 Å². The van der Waals surface area contributed by atoms with E-state index in [1.807, 2.05) is 16.8 Å². The van der Waals surface area contributed by atoms with Gasteiger partial charge in [0, 0.05) is 24.0 Å². The monoisotopic (exact) mass is 536 g/mol. The maximum Gasteiger partial charge on any atom is 0.280 e. The predicted octanol–water partition coefficient (Wildman–Crippen LogP) is 4.76. The number of nitrogens with two attached hydrogens (primary N) is 1. The molecular formula is C27H40N6O2Si2. The number of nitrogens with zero attached hydrogens (tertiary/aromatic N) is 4. The predicted molar refractivity (Wildman–Crippen MR) is 154 cm³/mol. The van der Waals surface area contributed by atoms with Gasteiger partial charge in [0.1, 0.15) is 8.07 Å². The van der Waals surface area contributed by atoms with Crippen LogP contribution >= 0.6 is 0 Å². The summed E-state index contributed by atoms with van der Waals surface area (Å²) < 4.78 is 8.90. The maximum atomic E-state index is 12.5. The summed E-state index contributed by atoms with van der Waals surface area (Å²) in [6.07, 6.45) is 7.14. The Morgan fingerprint density at radius 1 is 1.24 bits per heavy atom. The molecule has 0 spiro atoms. The minimum absolute atomic E-state index is 0.00889. The highest BCUT2D eigenvalue weighted by atomic mass is 28.4. The highest BCUT2D eigenvalue weighted by Gasteiger charge is 2.55. The molecule has 8 nitrogen and oxygen atoms in total. The summed E-state index contributed by atoms with van der Waals surface area (Å²) in [4.78, 5) is 28.9. The fraction of sp³-hybridized carbons (Fsp3) is 0.556. The van der Waals surface area contributed by atoms with Crippen LogP contribution in [0, 0.1) is 5.92 Å². The van der Waals surface area contributed by atoms with E-state index in [1.165, 1.54) is 30.2 Å². The van der Waals surface area contributed by atoms with E-state index < -0.39 is 16.4 Å². The molecule has 2 aliphatic rings. The molecule has 3 aromatic heterocycles. The molecule has 3 N–H and O–H groups in total. The molecule has 1 saturated carbocycles. The molecule has 3 aromatic rings. The van der Waals surface area contributed by atoms with Gasteiger partial charge >= 0.3 is 0 Å². The lowest BCUT2D eigenvalue weighted by Crippen LogP contribution is -2.53. The van der Waals surface area contributed by atoms with Crippen LogP contribution in [0.25, 0.3) is 11.2 Å². The van der Waals surface area contributed by atoms with Crippen molar-refractivity contribution in [3.8, 4) is 0 Å². The van der Waals surface area contributed by atoms with Crippen molar-refractivity contribution in [1.82, 2.24) is 24.5 Å². The molecule has 0 unspecified atom stereocenters. The number of aromatic nitrogens is 5. The van der Waals surface area contributed by atoms with Gasteiger partial charge in [0.15, 0.2) is 19.5 Å². The zero-order valence-electron chi connectivity index (χ0n) is 22.8. The van der Waals surface area contributed by atoms with Crippen LogP contribution in [0.5, 0.6) is 0 Å². The number of nitrogen functional groups attached to an aromatic ring is 1. The Bertz CT molecular complexity index is 1350. The lowest BCUT2D eigenvalue weighted by molar-refractivity contribution is 0.246. The number of H-pyrrole nitrogens is 1. The lowest BCUT2D eigenvalue weighted by Gasteiger charge is -2.40. The second-order valence-electron chi connectivity index (χ2n) is 12.5. The minimum atomic E-state index is -1.96. The molecule has 5 rings (SSSR count). The van der Waals surface area contributed by atoms with E-state index in [1.54, 1.807) is 6.33 Å². The average Bonchev–Trinajstić information content (AvgIpc) is 3.56. The molecule has 1 aliphatic carbocycles. The topological polar surface area (TPSA) is 112 Å². The van der Waals surface area contributed by atoms with Crippen LogP contribution in [0.1, 0.15) is 46.1 Å². The quantitative estimate of drug-likeness (QED) is 0.347. The van der Waals surface area contributed by atoms with Crippen molar-refractivity contribution in [1.29, 1.82) is 0 Å². The summed E-state index contributed by atoms with van der Waals surface area (Å²) in [6, 6.07) is 8.90. The molecule has 1 aliphatic heterocycles. The Balaban J connectivity index is 1.58. The van der Waals surface area contributed by atoms with Crippen LogP contribution in [-0.2, 0) is 4.43 Å². The van der Waals surface area contributed by atoms with Crippen molar-refractivity contribution in [2.45, 2.75) is 81.8 Å². The highest BCUT2D eigenvalue weighted by molar-refractivity contribution is 6.93. The standard InChI is InChI=1S/C27H40N6O2Si2/c1-18-19(16-35-36(5,6)27(2,3)4)21(37(13-9-10-14-37)22-11-7-8-12-29-22)15-20(18)33-17-30-23-24(33)31-26(28)32-25(23)34/h7-8,11-12,17,19-21H,1,9-10,13-16H2,2-6H3,(H3,28,31,32,34)/t19-,20-,21-/m0/s1. The van der Waals surface area contributed by atoms with Crippen molar-refractivity contribution < 1.29 is 4.43 Å². The average molecular weight is 537 g/mol. The van der Waals surface area contributed by atoms with Gasteiger partial charge < -0.3 is 14.7 Å². The Hall–Kier alpha value is -2.57. The zero-order chi connectivity index (χ0) is 26.6. The molecule has 10 heteroatoms. The Morgan fingerprint density at radius 3 is 2.62 bits per heavy atom. The number of fused-ring (bicyclic) bond motifs is 1. The first-order valence-electron chi connectivity index (χ1n) is 13.4. The first-order valence-corrected chi connectivity index (χ1v) is 18.8. The third-order valence-electron chi connectivity index (χ3n) is 9.46. The van der Waals surface area contributed by atoms with Gasteiger partial charge in [0.2, 0.25) is 5.95 Å². The van der Waals surface area contributed by atoms with Gasteiger partial charge in [-0.2, -0.15) is 4.98 Å². The molecule has 2 fully saturated rings. The van der Waals surface area contributed by atoms with E-state index in [2.05, 4.69) is 67.5 Å². The van der Waals surface area contributed by atoms with Crippen LogP contribution in [0.3, 0.4) is 0 Å². The van der Waals surface area contributed by atoms with E-state index >= 15 is 0 Å². The van der Waals surface area contributed by atoms with Gasteiger partial charge in [-0.3, -0.25) is 14.8 Å². The molecule has 0 aromatic carbocycles. The second kappa shape index (κ2) is 9.32. The smallest absolute Gasteiger partial charge is 0.280 e. The summed E-state index contributed by atoms with van der Waals surface area (Å²) in [5.74, 6) is 0.329. The largest absolute Gasteiger partial charge is 0.416 e. The molecule has 1 saturated heterocycles. The van der Waals surface area contributed by atoms with Gasteiger partial charge in [-0.1, -0.05) is 58.3 Å². The normalized spacial score (nSPS) is 24.2. The van der Waals surface area contributed by atoms with Crippen molar-refractivity contribution >= 4 is 38.8 Å². The number of hydrogen-bond acceptors (Lipinski definition) is 6. The Labute approximate surface area is 220 Å². The SMILES string of the molecule is C=C1[C@H](CO[Si](C)(C)C(C)(C)C)[C@@H]([Si]2(c3ccccn3)CCCC2)C[C@@H]1n1cnc2c(=O)[nH]c(N)nc21. The maximum absolute atomic E-state index is 12.5. The molecule has 198 valence electrons. The van der Waals surface area contributed by atoms with Crippen molar-refractivity contribution in [3.63, 3.8) is 0 Å². The van der Waals surface area contributed by atoms with E-state index in [4.69, 9.17) is 15.1 Å². The number of rotatable bonds is 6. The Morgan fingerprint density at radius 2 is 1.97 bits per heavy atom. The number of aromatic amines is 1. The number of hydrogen-bond donors (Lipinski definition) is 2. The van der Waals surface area contributed by atoms with Crippen LogP contribution in [-0.4, -0.2) is 47.5 Å². The summed E-state index contributed by atoms with van der Waals surface area (Å²) in [5.41, 5.74) is 8.06. The van der Waals surface area contributed by atoms with Crippen LogP contribution in [0.4, 0.5) is 5.95 Å². The molecule has 0 amide bonds. The number of anilines is 1. The second-order valence-corrected chi connectivity index (χ2v) is 21.8. The van der Waals surface area contributed by atoms with Crippen LogP contribution in [0.15, 0.2) is 47.7 Å². The van der Waals surface area contributed by atoms with Crippen LogP contribution in [0.2, 0.25) is 35.8 Å². The zero-order valence-corrected chi connectivity index (χ0v) is 24.8. The molecule has 0 bridgehead atoms. The summed E-state index contributed by atoms with van der Waals surface area (Å²) in [7, 11) is -3.91. The fourth-order valence-electron chi connectivity index (χ4n) is 6.35. The van der Waals surface area contributed by atoms with Gasteiger partial charge in [0.05, 0.1) is 12.4 Å².